The van der Waals surface area contributed by atoms with Gasteiger partial charge in [-0.2, -0.15) is 4.57 Å². The van der Waals surface area contributed by atoms with Crippen molar-refractivity contribution in [1.82, 2.24) is 0 Å². The van der Waals surface area contributed by atoms with Crippen LogP contribution in [0.15, 0.2) is 42.7 Å². The summed E-state index contributed by atoms with van der Waals surface area (Å²) < 4.78 is 1.88. The minimum Gasteiger partial charge on any atom is -0.320 e. The molecule has 3 heteroatoms. The molecule has 2 rings (SSSR count). The van der Waals surface area contributed by atoms with E-state index in [2.05, 4.69) is 25.2 Å². The fourth-order valence-electron chi connectivity index (χ4n) is 2.32. The maximum atomic E-state index is 12.3. The summed E-state index contributed by atoms with van der Waals surface area (Å²) in [6.07, 6.45) is 3.85. The Labute approximate surface area is 126 Å². The summed E-state index contributed by atoms with van der Waals surface area (Å²) >= 11 is 0. The fourth-order valence-corrected chi connectivity index (χ4v) is 2.32. The summed E-state index contributed by atoms with van der Waals surface area (Å²) in [5.41, 5.74) is 4.42. The number of amides is 1. The third kappa shape index (κ3) is 3.91. The summed E-state index contributed by atoms with van der Waals surface area (Å²) in [6, 6.07) is 10.1. The lowest BCUT2D eigenvalue weighted by Crippen LogP contribution is -2.39. The Morgan fingerprint density at radius 2 is 1.81 bits per heavy atom. The zero-order valence-electron chi connectivity index (χ0n) is 13.2. The van der Waals surface area contributed by atoms with E-state index < -0.39 is 0 Å². The lowest BCUT2D eigenvalue weighted by Gasteiger charge is -2.15. The maximum Gasteiger partial charge on any atom is 0.290 e. The quantitative estimate of drug-likeness (QED) is 0.858. The lowest BCUT2D eigenvalue weighted by atomic mass is 9.98. The molecule has 0 saturated heterocycles. The van der Waals surface area contributed by atoms with Crippen molar-refractivity contribution in [3.05, 3.63) is 59.4 Å². The normalized spacial score (nSPS) is 10.7. The molecule has 21 heavy (non-hydrogen) atoms. The second kappa shape index (κ2) is 6.53. The number of rotatable bonds is 4. The second-order valence-corrected chi connectivity index (χ2v) is 5.79. The summed E-state index contributed by atoms with van der Waals surface area (Å²) in [5, 5.41) is 3.06. The Morgan fingerprint density at radius 1 is 1.14 bits per heavy atom. The van der Waals surface area contributed by atoms with Gasteiger partial charge in [0.2, 0.25) is 6.54 Å². The number of hydrogen-bond acceptors (Lipinski definition) is 1. The van der Waals surface area contributed by atoms with Gasteiger partial charge in [0.15, 0.2) is 12.4 Å². The van der Waals surface area contributed by atoms with Gasteiger partial charge in [-0.15, -0.1) is 0 Å². The number of nitrogens with zero attached hydrogens (tertiary/aromatic N) is 1. The third-order valence-corrected chi connectivity index (χ3v) is 3.58. The molecule has 0 spiro atoms. The average molecular weight is 283 g/mol. The molecule has 0 radical (unpaired) electrons. The highest BCUT2D eigenvalue weighted by molar-refractivity contribution is 5.91. The van der Waals surface area contributed by atoms with Gasteiger partial charge < -0.3 is 5.32 Å². The van der Waals surface area contributed by atoms with Crippen molar-refractivity contribution in [3.63, 3.8) is 0 Å². The number of anilines is 1. The number of hydrogen-bond donors (Lipinski definition) is 1. The van der Waals surface area contributed by atoms with Crippen molar-refractivity contribution in [1.29, 1.82) is 0 Å². The Kier molecular flexibility index (Phi) is 4.73. The van der Waals surface area contributed by atoms with Crippen LogP contribution >= 0.6 is 0 Å². The van der Waals surface area contributed by atoms with Crippen molar-refractivity contribution in [3.8, 4) is 0 Å². The monoisotopic (exact) mass is 283 g/mol. The van der Waals surface area contributed by atoms with E-state index in [1.807, 2.05) is 55.1 Å². The highest BCUT2D eigenvalue weighted by atomic mass is 16.1. The molecule has 3 nitrogen and oxygen atoms in total. The van der Waals surface area contributed by atoms with Gasteiger partial charge in [0, 0.05) is 17.8 Å². The number of pyridine rings is 1. The van der Waals surface area contributed by atoms with Crippen LogP contribution in [0.3, 0.4) is 0 Å². The third-order valence-electron chi connectivity index (χ3n) is 3.58. The summed E-state index contributed by atoms with van der Waals surface area (Å²) in [7, 11) is 0. The van der Waals surface area contributed by atoms with Gasteiger partial charge in [0.25, 0.3) is 5.91 Å². The van der Waals surface area contributed by atoms with Gasteiger partial charge in [0.05, 0.1) is 0 Å². The lowest BCUT2D eigenvalue weighted by molar-refractivity contribution is -0.684. The van der Waals surface area contributed by atoms with Crippen molar-refractivity contribution < 1.29 is 9.36 Å². The van der Waals surface area contributed by atoms with Gasteiger partial charge in [-0.05, 0) is 36.5 Å². The molecule has 110 valence electrons. The minimum atomic E-state index is 0.0000491. The molecule has 0 unspecified atom stereocenters. The van der Waals surface area contributed by atoms with Gasteiger partial charge in [0.1, 0.15) is 0 Å². The zero-order valence-corrected chi connectivity index (χ0v) is 13.2. The van der Waals surface area contributed by atoms with Crippen LogP contribution in [-0.4, -0.2) is 5.91 Å². The molecule has 1 amide bonds. The van der Waals surface area contributed by atoms with Crippen molar-refractivity contribution in [2.45, 2.75) is 40.2 Å². The number of nitrogens with one attached hydrogen (secondary N) is 1. The summed E-state index contributed by atoms with van der Waals surface area (Å²) in [6.45, 7) is 8.66. The first-order valence-electron chi connectivity index (χ1n) is 7.32. The van der Waals surface area contributed by atoms with Crippen LogP contribution in [0.4, 0.5) is 5.69 Å². The predicted octanol–water partition coefficient (Wildman–Crippen LogP) is 3.35. The Balaban J connectivity index is 2.14. The molecule has 0 saturated carbocycles. The van der Waals surface area contributed by atoms with E-state index in [0.717, 1.165) is 11.3 Å². The van der Waals surface area contributed by atoms with Crippen LogP contribution < -0.4 is 9.88 Å². The molecule has 2 aromatic rings. The molecule has 0 aliphatic heterocycles. The number of benzene rings is 1. The van der Waals surface area contributed by atoms with E-state index in [9.17, 15) is 4.79 Å². The SMILES string of the molecule is Cc1cc[n+](CC(=O)Nc2c(C)cccc2C(C)C)cc1. The van der Waals surface area contributed by atoms with E-state index in [-0.39, 0.29) is 5.91 Å². The first-order valence-corrected chi connectivity index (χ1v) is 7.32. The average Bonchev–Trinajstić information content (AvgIpc) is 2.43. The highest BCUT2D eigenvalue weighted by Crippen LogP contribution is 2.27. The molecule has 1 aromatic carbocycles. The Hall–Kier alpha value is -2.16. The fraction of sp³-hybridized carbons (Fsp3) is 0.333. The smallest absolute Gasteiger partial charge is 0.290 e. The molecule has 1 heterocycles. The van der Waals surface area contributed by atoms with E-state index in [4.69, 9.17) is 0 Å². The summed E-state index contributed by atoms with van der Waals surface area (Å²) in [4.78, 5) is 12.3. The molecule has 1 aromatic heterocycles. The number of carbonyl (C=O) groups is 1. The number of para-hydroxylation sites is 1. The zero-order chi connectivity index (χ0) is 15.4. The molecule has 0 fully saturated rings. The van der Waals surface area contributed by atoms with Crippen molar-refractivity contribution in [2.75, 3.05) is 5.32 Å². The van der Waals surface area contributed by atoms with Crippen LogP contribution in [0, 0.1) is 13.8 Å². The van der Waals surface area contributed by atoms with Gasteiger partial charge in [-0.1, -0.05) is 32.0 Å². The van der Waals surface area contributed by atoms with E-state index in [1.54, 1.807) is 0 Å². The molecule has 1 N–H and O–H groups in total. The molecule has 0 aliphatic carbocycles. The Morgan fingerprint density at radius 3 is 2.43 bits per heavy atom. The molecular weight excluding hydrogens is 260 g/mol. The molecule has 0 atom stereocenters. The first-order chi connectivity index (χ1) is 9.97. The standard InChI is InChI=1S/C18H22N2O/c1-13(2)16-7-5-6-15(4)18(16)19-17(21)12-20-10-8-14(3)9-11-20/h5-11,13H,12H2,1-4H3/p+1. The topological polar surface area (TPSA) is 33.0 Å². The van der Waals surface area contributed by atoms with E-state index in [0.29, 0.717) is 12.5 Å². The van der Waals surface area contributed by atoms with E-state index in [1.165, 1.54) is 11.1 Å². The van der Waals surface area contributed by atoms with E-state index >= 15 is 0 Å². The number of aromatic nitrogens is 1. The van der Waals surface area contributed by atoms with Gasteiger partial charge in [-0.25, -0.2) is 0 Å². The molecule has 0 bridgehead atoms. The maximum absolute atomic E-state index is 12.3. The van der Waals surface area contributed by atoms with Crippen LogP contribution in [0.25, 0.3) is 0 Å². The first kappa shape index (κ1) is 15.2. The largest absolute Gasteiger partial charge is 0.320 e. The molecule has 0 aliphatic rings. The van der Waals surface area contributed by atoms with Crippen molar-refractivity contribution in [2.24, 2.45) is 0 Å². The number of carbonyl (C=O) groups excluding carboxylic acids is 1. The minimum absolute atomic E-state index is 0.0000491. The summed E-state index contributed by atoms with van der Waals surface area (Å²) in [5.74, 6) is 0.382. The van der Waals surface area contributed by atoms with Crippen LogP contribution in [0.5, 0.6) is 0 Å². The Bertz CT molecular complexity index is 630. The van der Waals surface area contributed by atoms with Crippen LogP contribution in [-0.2, 0) is 11.3 Å². The van der Waals surface area contributed by atoms with Gasteiger partial charge in [-0.3, -0.25) is 4.79 Å². The van der Waals surface area contributed by atoms with Crippen LogP contribution in [0.2, 0.25) is 0 Å². The molecular formula is C18H23N2O+. The highest BCUT2D eigenvalue weighted by Gasteiger charge is 2.14. The number of aryl methyl sites for hydroxylation is 2. The van der Waals surface area contributed by atoms with Crippen LogP contribution in [0.1, 0.15) is 36.5 Å². The van der Waals surface area contributed by atoms with Crippen molar-refractivity contribution >= 4 is 11.6 Å². The predicted molar refractivity (Wildman–Crippen MR) is 85.3 cm³/mol. The van der Waals surface area contributed by atoms with Gasteiger partial charge >= 0.3 is 0 Å². The second-order valence-electron chi connectivity index (χ2n) is 5.79.